The minimum Gasteiger partial charge on any atom is -0.378 e. The first-order valence-corrected chi connectivity index (χ1v) is 5.61. The molecule has 2 rings (SSSR count). The number of amides is 2. The number of carbonyl (C=O) groups is 2. The first-order valence-electron chi connectivity index (χ1n) is 5.61. The Morgan fingerprint density at radius 1 is 1.50 bits per heavy atom. The molecule has 0 aromatic rings. The molecule has 6 heteroatoms. The zero-order valence-corrected chi connectivity index (χ0v) is 9.20. The Morgan fingerprint density at radius 3 is 2.88 bits per heavy atom. The van der Waals surface area contributed by atoms with Gasteiger partial charge in [-0.3, -0.25) is 9.59 Å². The molecule has 0 saturated carbocycles. The lowest BCUT2D eigenvalue weighted by atomic mass is 10.2. The molecule has 90 valence electrons. The molecule has 0 aromatic carbocycles. The first kappa shape index (κ1) is 11.3. The van der Waals surface area contributed by atoms with Crippen LogP contribution in [0.3, 0.4) is 0 Å². The van der Waals surface area contributed by atoms with E-state index in [1.807, 2.05) is 0 Å². The standard InChI is InChI=1S/C10H17N3O3/c14-9-5-8(6-12-9)11-7-10(15)13-1-3-16-4-2-13/h8,11H,1-7H2,(H,12,14). The summed E-state index contributed by atoms with van der Waals surface area (Å²) < 4.78 is 5.17. The summed E-state index contributed by atoms with van der Waals surface area (Å²) in [6.45, 7) is 3.50. The molecule has 2 saturated heterocycles. The normalized spacial score (nSPS) is 25.6. The van der Waals surface area contributed by atoms with Gasteiger partial charge in [-0.25, -0.2) is 0 Å². The van der Waals surface area contributed by atoms with Crippen LogP contribution in [0.15, 0.2) is 0 Å². The minimum atomic E-state index is 0.0521. The lowest BCUT2D eigenvalue weighted by molar-refractivity contribution is -0.134. The zero-order valence-electron chi connectivity index (χ0n) is 9.20. The molecule has 1 atom stereocenters. The fourth-order valence-electron chi connectivity index (χ4n) is 1.91. The highest BCUT2D eigenvalue weighted by atomic mass is 16.5. The number of ether oxygens (including phenoxy) is 1. The van der Waals surface area contributed by atoms with E-state index in [1.165, 1.54) is 0 Å². The topological polar surface area (TPSA) is 70.7 Å². The SMILES string of the molecule is O=C1CC(NCC(=O)N2CCOCC2)CN1. The Labute approximate surface area is 94.3 Å². The highest BCUT2D eigenvalue weighted by Gasteiger charge is 2.23. The van der Waals surface area contributed by atoms with Crippen LogP contribution in [-0.4, -0.2) is 62.1 Å². The van der Waals surface area contributed by atoms with Crippen molar-refractivity contribution in [2.75, 3.05) is 39.4 Å². The summed E-state index contributed by atoms with van der Waals surface area (Å²) in [6, 6.07) is 0.0949. The number of nitrogens with zero attached hydrogens (tertiary/aromatic N) is 1. The van der Waals surface area contributed by atoms with Gasteiger partial charge in [-0.05, 0) is 0 Å². The van der Waals surface area contributed by atoms with Crippen molar-refractivity contribution >= 4 is 11.8 Å². The Balaban J connectivity index is 1.68. The van der Waals surface area contributed by atoms with Gasteiger partial charge in [0.15, 0.2) is 0 Å². The first-order chi connectivity index (χ1) is 7.75. The summed E-state index contributed by atoms with van der Waals surface area (Å²) in [6.07, 6.45) is 0.469. The Morgan fingerprint density at radius 2 is 2.25 bits per heavy atom. The quantitative estimate of drug-likeness (QED) is 0.604. The van der Waals surface area contributed by atoms with Crippen LogP contribution >= 0.6 is 0 Å². The van der Waals surface area contributed by atoms with E-state index < -0.39 is 0 Å². The van der Waals surface area contributed by atoms with E-state index in [1.54, 1.807) is 4.90 Å². The lowest BCUT2D eigenvalue weighted by Gasteiger charge is -2.27. The van der Waals surface area contributed by atoms with Crippen LogP contribution < -0.4 is 10.6 Å². The molecule has 0 aromatic heterocycles. The van der Waals surface area contributed by atoms with Crippen molar-refractivity contribution in [3.63, 3.8) is 0 Å². The van der Waals surface area contributed by atoms with Gasteiger partial charge in [-0.2, -0.15) is 0 Å². The summed E-state index contributed by atoms with van der Waals surface area (Å²) in [5, 5.41) is 5.82. The summed E-state index contributed by atoms with van der Waals surface area (Å²) in [7, 11) is 0. The Bertz CT molecular complexity index is 276. The van der Waals surface area contributed by atoms with Crippen LogP contribution in [-0.2, 0) is 14.3 Å². The molecule has 2 aliphatic heterocycles. The van der Waals surface area contributed by atoms with Crippen molar-refractivity contribution in [3.8, 4) is 0 Å². The second-order valence-electron chi connectivity index (χ2n) is 4.08. The van der Waals surface area contributed by atoms with Gasteiger partial charge in [-0.15, -0.1) is 0 Å². The third-order valence-electron chi connectivity index (χ3n) is 2.88. The molecule has 6 nitrogen and oxygen atoms in total. The van der Waals surface area contributed by atoms with Gasteiger partial charge in [0.25, 0.3) is 0 Å². The molecule has 2 N–H and O–H groups in total. The summed E-state index contributed by atoms with van der Waals surface area (Å²) >= 11 is 0. The lowest BCUT2D eigenvalue weighted by Crippen LogP contribution is -2.46. The number of hydrogen-bond acceptors (Lipinski definition) is 4. The molecule has 0 radical (unpaired) electrons. The molecule has 2 fully saturated rings. The van der Waals surface area contributed by atoms with E-state index in [0.717, 1.165) is 0 Å². The van der Waals surface area contributed by atoms with Crippen LogP contribution in [0.5, 0.6) is 0 Å². The third-order valence-corrected chi connectivity index (χ3v) is 2.88. The molecule has 2 aliphatic rings. The second-order valence-corrected chi connectivity index (χ2v) is 4.08. The largest absolute Gasteiger partial charge is 0.378 e. The number of morpholine rings is 1. The highest BCUT2D eigenvalue weighted by molar-refractivity contribution is 5.80. The van der Waals surface area contributed by atoms with Gasteiger partial charge in [0.2, 0.25) is 11.8 Å². The predicted octanol–water partition coefficient (Wildman–Crippen LogP) is -1.68. The minimum absolute atomic E-state index is 0.0521. The average Bonchev–Trinajstić information content (AvgIpc) is 2.73. The van der Waals surface area contributed by atoms with Crippen molar-refractivity contribution in [2.45, 2.75) is 12.5 Å². The molecular formula is C10H17N3O3. The third kappa shape index (κ3) is 2.93. The summed E-state index contributed by atoms with van der Waals surface area (Å²) in [5.41, 5.74) is 0. The van der Waals surface area contributed by atoms with E-state index in [9.17, 15) is 9.59 Å². The van der Waals surface area contributed by atoms with Crippen LogP contribution in [0.1, 0.15) is 6.42 Å². The molecule has 0 spiro atoms. The van der Waals surface area contributed by atoms with E-state index in [-0.39, 0.29) is 17.9 Å². The van der Waals surface area contributed by atoms with Crippen molar-refractivity contribution in [2.24, 2.45) is 0 Å². The second kappa shape index (κ2) is 5.27. The van der Waals surface area contributed by atoms with Crippen molar-refractivity contribution in [1.29, 1.82) is 0 Å². The van der Waals surface area contributed by atoms with Crippen LogP contribution in [0, 0.1) is 0 Å². The summed E-state index contributed by atoms with van der Waals surface area (Å²) in [5.74, 6) is 0.138. The molecule has 2 amide bonds. The molecule has 0 aliphatic carbocycles. The fourth-order valence-corrected chi connectivity index (χ4v) is 1.91. The molecule has 2 heterocycles. The van der Waals surface area contributed by atoms with Gasteiger partial charge in [0.05, 0.1) is 19.8 Å². The monoisotopic (exact) mass is 227 g/mol. The number of carbonyl (C=O) groups excluding carboxylic acids is 2. The average molecular weight is 227 g/mol. The molecule has 16 heavy (non-hydrogen) atoms. The van der Waals surface area contributed by atoms with Crippen LogP contribution in [0.4, 0.5) is 0 Å². The van der Waals surface area contributed by atoms with Gasteiger partial charge in [0, 0.05) is 32.1 Å². The fraction of sp³-hybridized carbons (Fsp3) is 0.800. The molecule has 0 bridgehead atoms. The Hall–Kier alpha value is -1.14. The smallest absolute Gasteiger partial charge is 0.236 e. The van der Waals surface area contributed by atoms with Crippen LogP contribution in [0.2, 0.25) is 0 Å². The predicted molar refractivity (Wildman–Crippen MR) is 56.8 cm³/mol. The van der Waals surface area contributed by atoms with Gasteiger partial charge >= 0.3 is 0 Å². The van der Waals surface area contributed by atoms with E-state index in [2.05, 4.69) is 10.6 Å². The van der Waals surface area contributed by atoms with E-state index >= 15 is 0 Å². The zero-order chi connectivity index (χ0) is 11.4. The van der Waals surface area contributed by atoms with Crippen molar-refractivity contribution in [1.82, 2.24) is 15.5 Å². The van der Waals surface area contributed by atoms with Crippen LogP contribution in [0.25, 0.3) is 0 Å². The van der Waals surface area contributed by atoms with Crippen molar-refractivity contribution in [3.05, 3.63) is 0 Å². The molecule has 1 unspecified atom stereocenters. The van der Waals surface area contributed by atoms with Crippen molar-refractivity contribution < 1.29 is 14.3 Å². The number of rotatable bonds is 3. The summed E-state index contributed by atoms with van der Waals surface area (Å²) in [4.78, 5) is 24.5. The number of hydrogen-bond donors (Lipinski definition) is 2. The maximum atomic E-state index is 11.7. The maximum Gasteiger partial charge on any atom is 0.236 e. The maximum absolute atomic E-state index is 11.7. The van der Waals surface area contributed by atoms with Gasteiger partial charge in [0.1, 0.15) is 0 Å². The van der Waals surface area contributed by atoms with Gasteiger partial charge < -0.3 is 20.3 Å². The highest BCUT2D eigenvalue weighted by Crippen LogP contribution is 2.00. The molecular weight excluding hydrogens is 210 g/mol. The van der Waals surface area contributed by atoms with Gasteiger partial charge in [-0.1, -0.05) is 0 Å². The van der Waals surface area contributed by atoms with E-state index in [0.29, 0.717) is 45.8 Å². The van der Waals surface area contributed by atoms with E-state index in [4.69, 9.17) is 4.74 Å². The number of nitrogens with one attached hydrogen (secondary N) is 2. The Kier molecular flexibility index (Phi) is 3.74.